The fraction of sp³-hybridized carbons (Fsp3) is 0.333. The minimum absolute atomic E-state index is 0.000520. The van der Waals surface area contributed by atoms with Gasteiger partial charge in [-0.05, 0) is 56.5 Å². The maximum Gasteiger partial charge on any atom is 0.251 e. The van der Waals surface area contributed by atoms with Gasteiger partial charge in [-0.3, -0.25) is 4.79 Å². The molecule has 26 heavy (non-hydrogen) atoms. The summed E-state index contributed by atoms with van der Waals surface area (Å²) in [5.41, 5.74) is 4.69. The van der Waals surface area contributed by atoms with Gasteiger partial charge in [-0.1, -0.05) is 18.2 Å². The van der Waals surface area contributed by atoms with Crippen molar-refractivity contribution < 1.29 is 9.21 Å². The molecule has 2 aromatic carbocycles. The molecule has 0 radical (unpaired) electrons. The van der Waals surface area contributed by atoms with Crippen molar-refractivity contribution in [3.8, 4) is 0 Å². The number of carbonyl (C=O) groups is 1. The van der Waals surface area contributed by atoms with E-state index in [9.17, 15) is 4.79 Å². The Labute approximate surface area is 153 Å². The van der Waals surface area contributed by atoms with Crippen LogP contribution in [-0.2, 0) is 13.0 Å². The first-order chi connectivity index (χ1) is 12.6. The van der Waals surface area contributed by atoms with E-state index in [0.29, 0.717) is 12.4 Å². The third kappa shape index (κ3) is 3.17. The predicted octanol–water partition coefficient (Wildman–Crippen LogP) is 3.92. The van der Waals surface area contributed by atoms with Gasteiger partial charge in [0.25, 0.3) is 5.91 Å². The molecule has 4 rings (SSSR count). The Hall–Kier alpha value is -2.82. The number of para-hydroxylation sites is 2. The van der Waals surface area contributed by atoms with E-state index in [1.807, 2.05) is 50.2 Å². The van der Waals surface area contributed by atoms with E-state index in [2.05, 4.69) is 21.3 Å². The number of oxazole rings is 1. The lowest BCUT2D eigenvalue weighted by atomic mass is 9.95. The molecule has 134 valence electrons. The number of hydrogen-bond donors (Lipinski definition) is 1. The van der Waals surface area contributed by atoms with Crippen molar-refractivity contribution >= 4 is 22.7 Å². The van der Waals surface area contributed by atoms with Gasteiger partial charge in [0.05, 0.1) is 6.54 Å². The van der Waals surface area contributed by atoms with Crippen molar-refractivity contribution in [1.82, 2.24) is 10.3 Å². The molecule has 1 aliphatic rings. The summed E-state index contributed by atoms with van der Waals surface area (Å²) in [4.78, 5) is 19.4. The van der Waals surface area contributed by atoms with Crippen LogP contribution in [0, 0.1) is 0 Å². The van der Waals surface area contributed by atoms with Crippen molar-refractivity contribution in [1.29, 1.82) is 0 Å². The molecule has 0 unspecified atom stereocenters. The van der Waals surface area contributed by atoms with Crippen molar-refractivity contribution in [2.45, 2.75) is 39.3 Å². The van der Waals surface area contributed by atoms with Crippen LogP contribution in [0.1, 0.15) is 42.1 Å². The second-order valence-electron chi connectivity index (χ2n) is 7.03. The molecule has 1 N–H and O–H groups in total. The highest BCUT2D eigenvalue weighted by atomic mass is 16.3. The zero-order valence-electron chi connectivity index (χ0n) is 15.2. The fourth-order valence-corrected chi connectivity index (χ4v) is 3.57. The molecule has 0 spiro atoms. The lowest BCUT2D eigenvalue weighted by Crippen LogP contribution is -2.34. The summed E-state index contributed by atoms with van der Waals surface area (Å²) >= 11 is 0. The normalized spacial score (nSPS) is 13.9. The monoisotopic (exact) mass is 349 g/mol. The number of nitrogens with zero attached hydrogens (tertiary/aromatic N) is 2. The zero-order valence-corrected chi connectivity index (χ0v) is 15.2. The van der Waals surface area contributed by atoms with Gasteiger partial charge in [-0.2, -0.15) is 0 Å². The predicted molar refractivity (Wildman–Crippen MR) is 102 cm³/mol. The molecule has 0 fully saturated rings. The Morgan fingerprint density at radius 2 is 2.08 bits per heavy atom. The van der Waals surface area contributed by atoms with Crippen LogP contribution < -0.4 is 10.2 Å². The van der Waals surface area contributed by atoms with E-state index in [1.165, 1.54) is 0 Å². The molecule has 1 aliphatic heterocycles. The molecule has 1 amide bonds. The van der Waals surface area contributed by atoms with E-state index in [-0.39, 0.29) is 11.9 Å². The van der Waals surface area contributed by atoms with Crippen LogP contribution in [0.4, 0.5) is 5.69 Å². The molecule has 0 aliphatic carbocycles. The van der Waals surface area contributed by atoms with Gasteiger partial charge in [0.15, 0.2) is 5.58 Å². The topological polar surface area (TPSA) is 58.4 Å². The molecule has 5 nitrogen and oxygen atoms in total. The van der Waals surface area contributed by atoms with Gasteiger partial charge < -0.3 is 14.6 Å². The fourth-order valence-electron chi connectivity index (χ4n) is 3.57. The number of aromatic nitrogens is 1. The van der Waals surface area contributed by atoms with Gasteiger partial charge in [0.1, 0.15) is 5.52 Å². The third-order valence-electron chi connectivity index (χ3n) is 4.68. The summed E-state index contributed by atoms with van der Waals surface area (Å²) in [5.74, 6) is 0.705. The minimum atomic E-state index is 0.000520. The van der Waals surface area contributed by atoms with Gasteiger partial charge >= 0.3 is 0 Å². The number of anilines is 1. The molecule has 1 aromatic heterocycles. The Kier molecular flexibility index (Phi) is 4.37. The quantitative estimate of drug-likeness (QED) is 0.776. The summed E-state index contributed by atoms with van der Waals surface area (Å²) in [6.45, 7) is 5.50. The lowest BCUT2D eigenvalue weighted by molar-refractivity contribution is 0.0942. The minimum Gasteiger partial charge on any atom is -0.439 e. The van der Waals surface area contributed by atoms with Crippen molar-refractivity contribution in [3.63, 3.8) is 0 Å². The van der Waals surface area contributed by atoms with E-state index < -0.39 is 0 Å². The molecule has 2 heterocycles. The number of fused-ring (bicyclic) bond motifs is 2. The van der Waals surface area contributed by atoms with Gasteiger partial charge in [0.2, 0.25) is 5.89 Å². The summed E-state index contributed by atoms with van der Waals surface area (Å²) < 4.78 is 5.88. The van der Waals surface area contributed by atoms with Gasteiger partial charge in [0, 0.05) is 23.8 Å². The average Bonchev–Trinajstić information content (AvgIpc) is 3.03. The summed E-state index contributed by atoms with van der Waals surface area (Å²) in [5, 5.41) is 3.00. The number of hydrogen-bond acceptors (Lipinski definition) is 4. The van der Waals surface area contributed by atoms with Crippen molar-refractivity contribution in [2.24, 2.45) is 0 Å². The third-order valence-corrected chi connectivity index (χ3v) is 4.68. The first kappa shape index (κ1) is 16.6. The first-order valence-corrected chi connectivity index (χ1v) is 9.14. The van der Waals surface area contributed by atoms with E-state index in [1.54, 1.807) is 0 Å². The van der Waals surface area contributed by atoms with E-state index in [0.717, 1.165) is 47.3 Å². The van der Waals surface area contributed by atoms with Gasteiger partial charge in [-0.25, -0.2) is 4.98 Å². The van der Waals surface area contributed by atoms with Crippen LogP contribution in [0.15, 0.2) is 46.9 Å². The number of nitrogens with one attached hydrogen (secondary N) is 1. The average molecular weight is 349 g/mol. The van der Waals surface area contributed by atoms with Gasteiger partial charge in [-0.15, -0.1) is 0 Å². The zero-order chi connectivity index (χ0) is 18.1. The number of carbonyl (C=O) groups excluding carboxylic acids is 1. The Balaban J connectivity index is 1.63. The van der Waals surface area contributed by atoms with Crippen LogP contribution in [0.5, 0.6) is 0 Å². The molecule has 0 bridgehead atoms. The number of amides is 1. The Bertz CT molecular complexity index is 912. The second kappa shape index (κ2) is 6.83. The summed E-state index contributed by atoms with van der Waals surface area (Å²) in [7, 11) is 0. The number of benzene rings is 2. The molecule has 5 heteroatoms. The first-order valence-electron chi connectivity index (χ1n) is 9.14. The maximum atomic E-state index is 12.5. The second-order valence-corrected chi connectivity index (χ2v) is 7.03. The number of rotatable bonds is 4. The highest BCUT2D eigenvalue weighted by Crippen LogP contribution is 2.31. The lowest BCUT2D eigenvalue weighted by Gasteiger charge is -2.31. The highest BCUT2D eigenvalue weighted by molar-refractivity contribution is 5.97. The van der Waals surface area contributed by atoms with E-state index >= 15 is 0 Å². The Morgan fingerprint density at radius 1 is 1.23 bits per heavy atom. The van der Waals surface area contributed by atoms with Crippen molar-refractivity contribution in [3.05, 3.63) is 59.5 Å². The van der Waals surface area contributed by atoms with Crippen LogP contribution in [0.3, 0.4) is 0 Å². The summed E-state index contributed by atoms with van der Waals surface area (Å²) in [6, 6.07) is 13.9. The molecule has 0 saturated heterocycles. The molecular formula is C21H23N3O2. The summed E-state index contributed by atoms with van der Waals surface area (Å²) in [6.07, 6.45) is 1.93. The largest absolute Gasteiger partial charge is 0.439 e. The highest BCUT2D eigenvalue weighted by Gasteiger charge is 2.23. The van der Waals surface area contributed by atoms with Crippen LogP contribution >= 0.6 is 0 Å². The smallest absolute Gasteiger partial charge is 0.251 e. The molecule has 0 atom stereocenters. The van der Waals surface area contributed by atoms with Crippen molar-refractivity contribution in [2.75, 3.05) is 11.4 Å². The van der Waals surface area contributed by atoms with Crippen LogP contribution in [0.2, 0.25) is 0 Å². The Morgan fingerprint density at radius 3 is 2.88 bits per heavy atom. The van der Waals surface area contributed by atoms with Crippen LogP contribution in [-0.4, -0.2) is 23.5 Å². The molecule has 3 aromatic rings. The SMILES string of the molecule is CC(C)NC(=O)c1cccc2c1CCCN2Cc1nc2ccccc2o1. The van der Waals surface area contributed by atoms with Crippen LogP contribution in [0.25, 0.3) is 11.1 Å². The standard InChI is InChI=1S/C21H23N3O2/c1-14(2)22-21(25)16-7-5-10-18-15(16)8-6-12-24(18)13-20-23-17-9-3-4-11-19(17)26-20/h3-5,7,9-11,14H,6,8,12-13H2,1-2H3,(H,22,25). The van der Waals surface area contributed by atoms with E-state index in [4.69, 9.17) is 4.42 Å². The maximum absolute atomic E-state index is 12.5. The molecule has 0 saturated carbocycles. The molecular weight excluding hydrogens is 326 g/mol.